The Morgan fingerprint density at radius 1 is 0.964 bits per heavy atom. The van der Waals surface area contributed by atoms with Gasteiger partial charge in [-0.25, -0.2) is 9.18 Å². The lowest BCUT2D eigenvalue weighted by molar-refractivity contribution is -0.137. The second-order valence-electron chi connectivity index (χ2n) is 6.49. The number of anilines is 3. The normalized spacial score (nSPS) is 14.7. The fourth-order valence-electron chi connectivity index (χ4n) is 3.09. The van der Waals surface area contributed by atoms with Gasteiger partial charge in [-0.2, -0.15) is 13.2 Å². The second-order valence-corrected chi connectivity index (χ2v) is 6.89. The highest BCUT2D eigenvalue weighted by molar-refractivity contribution is 6.31. The molecule has 0 aromatic heterocycles. The van der Waals surface area contributed by atoms with Gasteiger partial charge in [0.15, 0.2) is 0 Å². The summed E-state index contributed by atoms with van der Waals surface area (Å²) in [5.41, 5.74) is -0.470. The van der Waals surface area contributed by atoms with E-state index in [1.807, 2.05) is 4.90 Å². The summed E-state index contributed by atoms with van der Waals surface area (Å²) in [4.78, 5) is 14.0. The Hall–Kier alpha value is -2.48. The Kier molecular flexibility index (Phi) is 5.98. The van der Waals surface area contributed by atoms with E-state index in [1.54, 1.807) is 12.1 Å². The maximum absolute atomic E-state index is 14.4. The van der Waals surface area contributed by atoms with Crippen LogP contribution in [0.25, 0.3) is 0 Å². The topological polar surface area (TPSA) is 44.4 Å². The van der Waals surface area contributed by atoms with E-state index in [4.69, 9.17) is 11.6 Å². The molecule has 0 atom stereocenters. The van der Waals surface area contributed by atoms with E-state index in [0.29, 0.717) is 5.69 Å². The van der Waals surface area contributed by atoms with Crippen LogP contribution in [0, 0.1) is 5.82 Å². The molecule has 0 bridgehead atoms. The van der Waals surface area contributed by atoms with Crippen molar-refractivity contribution in [2.24, 2.45) is 0 Å². The van der Waals surface area contributed by atoms with Gasteiger partial charge in [0.1, 0.15) is 5.82 Å². The van der Waals surface area contributed by atoms with Crippen LogP contribution in [-0.4, -0.2) is 19.1 Å². The van der Waals surface area contributed by atoms with Gasteiger partial charge in [0.25, 0.3) is 0 Å². The van der Waals surface area contributed by atoms with Gasteiger partial charge in [-0.05, 0) is 55.7 Å². The number of amides is 2. The summed E-state index contributed by atoms with van der Waals surface area (Å²) in [6, 6.07) is 6.56. The highest BCUT2D eigenvalue weighted by Gasteiger charge is 2.33. The first kappa shape index (κ1) is 20.3. The molecular weight excluding hydrogens is 398 g/mol. The van der Waals surface area contributed by atoms with Gasteiger partial charge in [-0.1, -0.05) is 11.6 Å². The third-order valence-corrected chi connectivity index (χ3v) is 4.76. The number of benzene rings is 2. The monoisotopic (exact) mass is 415 g/mol. The molecule has 0 radical (unpaired) electrons. The number of piperidine rings is 1. The molecule has 0 unspecified atom stereocenters. The summed E-state index contributed by atoms with van der Waals surface area (Å²) in [5, 5.41) is 4.23. The van der Waals surface area contributed by atoms with Crippen LogP contribution in [0.1, 0.15) is 24.8 Å². The molecule has 1 fully saturated rings. The van der Waals surface area contributed by atoms with Crippen molar-refractivity contribution in [2.75, 3.05) is 28.6 Å². The summed E-state index contributed by atoms with van der Waals surface area (Å²) in [7, 11) is 0. The predicted octanol–water partition coefficient (Wildman–Crippen LogP) is 6.13. The number of rotatable bonds is 3. The average molecular weight is 416 g/mol. The van der Waals surface area contributed by atoms with E-state index >= 15 is 0 Å². The molecule has 2 N–H and O–H groups in total. The minimum absolute atomic E-state index is 0.0837. The predicted molar refractivity (Wildman–Crippen MR) is 102 cm³/mol. The molecular formula is C19H18ClF4N3O. The molecule has 9 heteroatoms. The first-order valence-corrected chi connectivity index (χ1v) is 9.11. The summed E-state index contributed by atoms with van der Waals surface area (Å²) < 4.78 is 53.1. The molecule has 1 aliphatic rings. The van der Waals surface area contributed by atoms with Crippen LogP contribution >= 0.6 is 11.6 Å². The van der Waals surface area contributed by atoms with E-state index in [1.165, 1.54) is 12.1 Å². The Bertz CT molecular complexity index is 867. The fourth-order valence-corrected chi connectivity index (χ4v) is 3.31. The molecule has 3 rings (SSSR count). The summed E-state index contributed by atoms with van der Waals surface area (Å²) in [5.74, 6) is -0.467. The van der Waals surface area contributed by atoms with Crippen molar-refractivity contribution in [3.05, 3.63) is 52.8 Å². The zero-order valence-corrected chi connectivity index (χ0v) is 15.5. The molecule has 2 aromatic carbocycles. The van der Waals surface area contributed by atoms with E-state index < -0.39 is 28.6 Å². The molecule has 4 nitrogen and oxygen atoms in total. The van der Waals surface area contributed by atoms with Gasteiger partial charge in [-0.15, -0.1) is 0 Å². The van der Waals surface area contributed by atoms with Gasteiger partial charge in [0.05, 0.1) is 16.3 Å². The molecule has 1 aliphatic heterocycles. The number of urea groups is 1. The zero-order chi connectivity index (χ0) is 20.3. The average Bonchev–Trinajstić information content (AvgIpc) is 2.63. The van der Waals surface area contributed by atoms with E-state index in [9.17, 15) is 22.4 Å². The summed E-state index contributed by atoms with van der Waals surface area (Å²) >= 11 is 5.55. The SMILES string of the molecule is O=C(Nc1ccc(N2CCCCC2)c(F)c1)Nc1ccc(Cl)c(C(F)(F)F)c1. The van der Waals surface area contributed by atoms with Crippen LogP contribution in [0.5, 0.6) is 0 Å². The summed E-state index contributed by atoms with van der Waals surface area (Å²) in [6.45, 7) is 1.56. The lowest BCUT2D eigenvalue weighted by atomic mass is 10.1. The number of alkyl halides is 3. The van der Waals surface area contributed by atoms with Crippen molar-refractivity contribution >= 4 is 34.7 Å². The number of hydrogen-bond donors (Lipinski definition) is 2. The highest BCUT2D eigenvalue weighted by Crippen LogP contribution is 2.36. The van der Waals surface area contributed by atoms with E-state index in [-0.39, 0.29) is 11.4 Å². The van der Waals surface area contributed by atoms with Crippen LogP contribution in [0.4, 0.5) is 39.4 Å². The molecule has 0 spiro atoms. The fraction of sp³-hybridized carbons (Fsp3) is 0.316. The van der Waals surface area contributed by atoms with Gasteiger partial charge < -0.3 is 15.5 Å². The van der Waals surface area contributed by atoms with Gasteiger partial charge >= 0.3 is 12.2 Å². The number of carbonyl (C=O) groups is 1. The molecule has 1 heterocycles. The maximum atomic E-state index is 14.4. The Morgan fingerprint density at radius 3 is 2.18 bits per heavy atom. The maximum Gasteiger partial charge on any atom is 0.417 e. The standard InChI is InChI=1S/C19H18ClF4N3O/c20-15-6-4-12(10-14(15)19(22,23)24)25-18(28)26-13-5-7-17(16(21)11-13)27-8-2-1-3-9-27/h4-7,10-11H,1-3,8-9H2,(H2,25,26,28). The van der Waals surface area contributed by atoms with Crippen molar-refractivity contribution < 1.29 is 22.4 Å². The molecule has 0 aliphatic carbocycles. The third kappa shape index (κ3) is 4.86. The van der Waals surface area contributed by atoms with Crippen LogP contribution in [-0.2, 0) is 6.18 Å². The van der Waals surface area contributed by atoms with Crippen LogP contribution in [0.15, 0.2) is 36.4 Å². The lowest BCUT2D eigenvalue weighted by Gasteiger charge is -2.29. The minimum atomic E-state index is -4.64. The van der Waals surface area contributed by atoms with Gasteiger partial charge in [0.2, 0.25) is 0 Å². The molecule has 2 amide bonds. The van der Waals surface area contributed by atoms with Crippen molar-refractivity contribution in [1.29, 1.82) is 0 Å². The lowest BCUT2D eigenvalue weighted by Crippen LogP contribution is -2.30. The van der Waals surface area contributed by atoms with Gasteiger partial charge in [0, 0.05) is 24.5 Å². The van der Waals surface area contributed by atoms with E-state index in [0.717, 1.165) is 44.5 Å². The summed E-state index contributed by atoms with van der Waals surface area (Å²) in [6.07, 6.45) is -1.51. The van der Waals surface area contributed by atoms with Crippen molar-refractivity contribution in [1.82, 2.24) is 0 Å². The van der Waals surface area contributed by atoms with Gasteiger partial charge in [-0.3, -0.25) is 0 Å². The van der Waals surface area contributed by atoms with Crippen LogP contribution < -0.4 is 15.5 Å². The third-order valence-electron chi connectivity index (χ3n) is 4.43. The molecule has 28 heavy (non-hydrogen) atoms. The molecule has 0 saturated carbocycles. The number of hydrogen-bond acceptors (Lipinski definition) is 2. The number of halogens is 5. The van der Waals surface area contributed by atoms with Crippen LogP contribution in [0.3, 0.4) is 0 Å². The first-order valence-electron chi connectivity index (χ1n) is 8.73. The largest absolute Gasteiger partial charge is 0.417 e. The smallest absolute Gasteiger partial charge is 0.369 e. The molecule has 150 valence electrons. The Balaban J connectivity index is 1.67. The number of nitrogens with zero attached hydrogens (tertiary/aromatic N) is 1. The zero-order valence-electron chi connectivity index (χ0n) is 14.7. The molecule has 2 aromatic rings. The van der Waals surface area contributed by atoms with E-state index in [2.05, 4.69) is 10.6 Å². The Morgan fingerprint density at radius 2 is 1.57 bits per heavy atom. The van der Waals surface area contributed by atoms with Crippen molar-refractivity contribution in [2.45, 2.75) is 25.4 Å². The number of carbonyl (C=O) groups excluding carboxylic acids is 1. The second kappa shape index (κ2) is 8.26. The number of nitrogens with one attached hydrogen (secondary N) is 2. The Labute approximate surface area is 164 Å². The van der Waals surface area contributed by atoms with Crippen molar-refractivity contribution in [3.8, 4) is 0 Å². The van der Waals surface area contributed by atoms with Crippen LogP contribution in [0.2, 0.25) is 5.02 Å². The van der Waals surface area contributed by atoms with Crippen molar-refractivity contribution in [3.63, 3.8) is 0 Å². The minimum Gasteiger partial charge on any atom is -0.369 e. The molecule has 1 saturated heterocycles. The first-order chi connectivity index (χ1) is 13.2. The quantitative estimate of drug-likeness (QED) is 0.592. The highest BCUT2D eigenvalue weighted by atomic mass is 35.5.